The minimum Gasteiger partial charge on any atom is -0.376 e. The number of amides is 1. The molecule has 2 aliphatic rings. The molecule has 1 N–H and O–H groups in total. The topological polar surface area (TPSA) is 64.4 Å². The summed E-state index contributed by atoms with van der Waals surface area (Å²) >= 11 is 0. The van der Waals surface area contributed by atoms with E-state index in [0.29, 0.717) is 37.8 Å². The standard InChI is InChI=1S/C17H18N2O3/c20-17(16-14-10-21-8-7-15(14)22-19-16)18-9-12-6-5-11-3-1-2-4-13(11)12/h1-4,12H,5-10H2,(H,18,20). The third-order valence-corrected chi connectivity index (χ3v) is 4.57. The van der Waals surface area contributed by atoms with Gasteiger partial charge in [-0.25, -0.2) is 0 Å². The van der Waals surface area contributed by atoms with Crippen LogP contribution in [0.5, 0.6) is 0 Å². The predicted molar refractivity (Wildman–Crippen MR) is 79.7 cm³/mol. The van der Waals surface area contributed by atoms with Crippen LogP contribution < -0.4 is 5.32 Å². The van der Waals surface area contributed by atoms with Crippen molar-refractivity contribution in [3.05, 3.63) is 52.4 Å². The molecule has 1 aliphatic heterocycles. The van der Waals surface area contributed by atoms with Gasteiger partial charge in [-0.15, -0.1) is 0 Å². The fraction of sp³-hybridized carbons (Fsp3) is 0.412. The zero-order valence-electron chi connectivity index (χ0n) is 12.3. The molecule has 1 atom stereocenters. The summed E-state index contributed by atoms with van der Waals surface area (Å²) in [5.41, 5.74) is 3.93. The van der Waals surface area contributed by atoms with Gasteiger partial charge < -0.3 is 14.6 Å². The molecule has 2 heterocycles. The zero-order valence-corrected chi connectivity index (χ0v) is 12.3. The fourth-order valence-corrected chi connectivity index (χ4v) is 3.36. The summed E-state index contributed by atoms with van der Waals surface area (Å²) in [6.07, 6.45) is 2.86. The smallest absolute Gasteiger partial charge is 0.273 e. The van der Waals surface area contributed by atoms with Crippen LogP contribution in [0.4, 0.5) is 0 Å². The highest BCUT2D eigenvalue weighted by atomic mass is 16.5. The minimum absolute atomic E-state index is 0.167. The van der Waals surface area contributed by atoms with E-state index >= 15 is 0 Å². The average Bonchev–Trinajstić information content (AvgIpc) is 3.17. The van der Waals surface area contributed by atoms with Crippen LogP contribution in [0, 0.1) is 0 Å². The number of carbonyl (C=O) groups is 1. The molecule has 2 aromatic rings. The first-order valence-corrected chi connectivity index (χ1v) is 7.74. The molecule has 1 amide bonds. The van der Waals surface area contributed by atoms with Gasteiger partial charge in [-0.1, -0.05) is 29.4 Å². The molecule has 0 bridgehead atoms. The largest absolute Gasteiger partial charge is 0.376 e. The number of benzene rings is 1. The lowest BCUT2D eigenvalue weighted by Gasteiger charge is -2.13. The van der Waals surface area contributed by atoms with Gasteiger partial charge in [-0.3, -0.25) is 4.79 Å². The van der Waals surface area contributed by atoms with E-state index in [0.717, 1.165) is 24.2 Å². The Balaban J connectivity index is 1.44. The maximum atomic E-state index is 12.4. The summed E-state index contributed by atoms with van der Waals surface area (Å²) in [5, 5.41) is 6.92. The Bertz CT molecular complexity index is 708. The van der Waals surface area contributed by atoms with Crippen molar-refractivity contribution in [3.8, 4) is 0 Å². The Morgan fingerprint density at radius 1 is 1.32 bits per heavy atom. The minimum atomic E-state index is -0.167. The molecular weight excluding hydrogens is 280 g/mol. The van der Waals surface area contributed by atoms with Crippen molar-refractivity contribution in [1.29, 1.82) is 0 Å². The second-order valence-corrected chi connectivity index (χ2v) is 5.88. The van der Waals surface area contributed by atoms with Gasteiger partial charge >= 0.3 is 0 Å². The summed E-state index contributed by atoms with van der Waals surface area (Å²) in [6.45, 7) is 1.67. The number of aryl methyl sites for hydroxylation is 1. The lowest BCUT2D eigenvalue weighted by molar-refractivity contribution is 0.0921. The number of hydrogen-bond donors (Lipinski definition) is 1. The molecule has 0 fully saturated rings. The Morgan fingerprint density at radius 2 is 2.23 bits per heavy atom. The van der Waals surface area contributed by atoms with E-state index < -0.39 is 0 Å². The SMILES string of the molecule is O=C(NCC1CCc2ccccc21)c1noc2c1COCC2. The van der Waals surface area contributed by atoms with Crippen molar-refractivity contribution in [2.75, 3.05) is 13.2 Å². The number of fused-ring (bicyclic) bond motifs is 2. The first-order chi connectivity index (χ1) is 10.8. The van der Waals surface area contributed by atoms with E-state index in [1.807, 2.05) is 0 Å². The molecule has 1 aliphatic carbocycles. The number of nitrogens with zero attached hydrogens (tertiary/aromatic N) is 1. The molecule has 22 heavy (non-hydrogen) atoms. The van der Waals surface area contributed by atoms with E-state index in [2.05, 4.69) is 34.7 Å². The first-order valence-electron chi connectivity index (χ1n) is 7.74. The van der Waals surface area contributed by atoms with E-state index in [4.69, 9.17) is 9.26 Å². The van der Waals surface area contributed by atoms with Gasteiger partial charge in [0.15, 0.2) is 5.69 Å². The molecule has 5 nitrogen and oxygen atoms in total. The Morgan fingerprint density at radius 3 is 3.18 bits per heavy atom. The predicted octanol–water partition coefficient (Wildman–Crippen LogP) is 2.21. The Hall–Kier alpha value is -2.14. The third kappa shape index (κ3) is 2.31. The molecule has 0 spiro atoms. The van der Waals surface area contributed by atoms with Crippen LogP contribution in [0.15, 0.2) is 28.8 Å². The maximum Gasteiger partial charge on any atom is 0.273 e. The van der Waals surface area contributed by atoms with Gasteiger partial charge in [-0.2, -0.15) is 0 Å². The van der Waals surface area contributed by atoms with E-state index in [1.165, 1.54) is 11.1 Å². The fourth-order valence-electron chi connectivity index (χ4n) is 3.36. The number of ether oxygens (including phenoxy) is 1. The zero-order chi connectivity index (χ0) is 14.9. The molecule has 5 heteroatoms. The normalized spacial score (nSPS) is 19.5. The van der Waals surface area contributed by atoms with E-state index in [1.54, 1.807) is 0 Å². The lowest BCUT2D eigenvalue weighted by Crippen LogP contribution is -2.29. The molecule has 1 aromatic carbocycles. The molecular formula is C17H18N2O3. The highest BCUT2D eigenvalue weighted by Gasteiger charge is 2.26. The number of hydrogen-bond acceptors (Lipinski definition) is 4. The van der Waals surface area contributed by atoms with Crippen molar-refractivity contribution < 1.29 is 14.1 Å². The van der Waals surface area contributed by atoms with Crippen LogP contribution in [0.3, 0.4) is 0 Å². The second kappa shape index (κ2) is 5.57. The van der Waals surface area contributed by atoms with Crippen LogP contribution in [-0.2, 0) is 24.2 Å². The monoisotopic (exact) mass is 298 g/mol. The summed E-state index contributed by atoms with van der Waals surface area (Å²) in [5.74, 6) is 1.00. The van der Waals surface area contributed by atoms with Gasteiger partial charge in [0.2, 0.25) is 0 Å². The Labute approximate surface area is 128 Å². The number of aromatic nitrogens is 1. The van der Waals surface area contributed by atoms with Crippen molar-refractivity contribution in [2.45, 2.75) is 31.8 Å². The highest BCUT2D eigenvalue weighted by Crippen LogP contribution is 2.32. The van der Waals surface area contributed by atoms with Crippen LogP contribution >= 0.6 is 0 Å². The highest BCUT2D eigenvalue weighted by molar-refractivity contribution is 5.93. The first kappa shape index (κ1) is 13.5. The quantitative estimate of drug-likeness (QED) is 0.943. The molecule has 0 saturated carbocycles. The van der Waals surface area contributed by atoms with Crippen molar-refractivity contribution in [3.63, 3.8) is 0 Å². The van der Waals surface area contributed by atoms with Gasteiger partial charge in [0.25, 0.3) is 5.91 Å². The molecule has 1 unspecified atom stereocenters. The lowest BCUT2D eigenvalue weighted by atomic mass is 10.0. The molecule has 4 rings (SSSR count). The van der Waals surface area contributed by atoms with Crippen molar-refractivity contribution in [1.82, 2.24) is 10.5 Å². The average molecular weight is 298 g/mol. The number of carbonyl (C=O) groups excluding carboxylic acids is 1. The van der Waals surface area contributed by atoms with E-state index in [-0.39, 0.29) is 5.91 Å². The van der Waals surface area contributed by atoms with Gasteiger partial charge in [0, 0.05) is 18.9 Å². The number of nitrogens with one attached hydrogen (secondary N) is 1. The van der Waals surface area contributed by atoms with Crippen LogP contribution in [0.25, 0.3) is 0 Å². The molecule has 0 saturated heterocycles. The Kier molecular flexibility index (Phi) is 3.42. The van der Waals surface area contributed by atoms with Crippen molar-refractivity contribution >= 4 is 5.91 Å². The summed E-state index contributed by atoms with van der Waals surface area (Å²) in [7, 11) is 0. The summed E-state index contributed by atoms with van der Waals surface area (Å²) in [6, 6.07) is 8.46. The van der Waals surface area contributed by atoms with Gasteiger partial charge in [0.1, 0.15) is 5.76 Å². The van der Waals surface area contributed by atoms with Gasteiger partial charge in [0.05, 0.1) is 18.8 Å². The van der Waals surface area contributed by atoms with Crippen LogP contribution in [0.2, 0.25) is 0 Å². The third-order valence-electron chi connectivity index (χ3n) is 4.57. The molecule has 0 radical (unpaired) electrons. The van der Waals surface area contributed by atoms with Crippen molar-refractivity contribution in [2.24, 2.45) is 0 Å². The molecule has 114 valence electrons. The molecule has 1 aromatic heterocycles. The summed E-state index contributed by atoms with van der Waals surface area (Å²) in [4.78, 5) is 12.4. The summed E-state index contributed by atoms with van der Waals surface area (Å²) < 4.78 is 10.6. The second-order valence-electron chi connectivity index (χ2n) is 5.88. The van der Waals surface area contributed by atoms with Gasteiger partial charge in [-0.05, 0) is 24.0 Å². The van der Waals surface area contributed by atoms with Crippen LogP contribution in [0.1, 0.15) is 45.3 Å². The maximum absolute atomic E-state index is 12.4. The van der Waals surface area contributed by atoms with Crippen LogP contribution in [-0.4, -0.2) is 24.2 Å². The number of rotatable bonds is 3. The van der Waals surface area contributed by atoms with E-state index in [9.17, 15) is 4.79 Å².